The Hall–Kier alpha value is -2.81. The van der Waals surface area contributed by atoms with Crippen molar-refractivity contribution >= 4 is 38.7 Å². The second-order valence-corrected chi connectivity index (χ2v) is 10.4. The lowest BCUT2D eigenvalue weighted by atomic mass is 10.2. The molecule has 2 aromatic heterocycles. The standard InChI is InChI=1S/C18H15ClN6O3S2/c1-10(16-22-9-23-25(16)18-21-8-13(7-20)29-18)24-17(26)11-4-12(19)6-15(5-11)30(27,28)14-2-3-14/h4-6,8-10,14H,2-3H2,1H3,(H,24,26)/t10-/m0/s1. The molecular weight excluding hydrogens is 448 g/mol. The van der Waals surface area contributed by atoms with Crippen molar-refractivity contribution in [3.63, 3.8) is 0 Å². The molecule has 0 spiro atoms. The highest BCUT2D eigenvalue weighted by Crippen LogP contribution is 2.34. The summed E-state index contributed by atoms with van der Waals surface area (Å²) in [4.78, 5) is 21.6. The van der Waals surface area contributed by atoms with Gasteiger partial charge in [0.2, 0.25) is 5.13 Å². The second kappa shape index (κ2) is 7.79. The lowest BCUT2D eigenvalue weighted by molar-refractivity contribution is 0.0937. The van der Waals surface area contributed by atoms with Gasteiger partial charge in [-0.15, -0.1) is 0 Å². The van der Waals surface area contributed by atoms with E-state index in [1.807, 2.05) is 6.07 Å². The molecule has 1 fully saturated rings. The molecule has 0 radical (unpaired) electrons. The molecule has 1 aliphatic carbocycles. The zero-order chi connectivity index (χ0) is 21.5. The summed E-state index contributed by atoms with van der Waals surface area (Å²) in [7, 11) is -3.48. The van der Waals surface area contributed by atoms with Crippen molar-refractivity contribution in [1.29, 1.82) is 5.26 Å². The lowest BCUT2D eigenvalue weighted by Gasteiger charge is -2.14. The monoisotopic (exact) mass is 462 g/mol. The van der Waals surface area contributed by atoms with E-state index >= 15 is 0 Å². The highest BCUT2D eigenvalue weighted by molar-refractivity contribution is 7.92. The minimum absolute atomic E-state index is 0.0466. The molecule has 0 aliphatic heterocycles. The first kappa shape index (κ1) is 20.5. The molecule has 1 amide bonds. The van der Waals surface area contributed by atoms with Gasteiger partial charge in [0.1, 0.15) is 17.3 Å². The van der Waals surface area contributed by atoms with Gasteiger partial charge in [-0.2, -0.15) is 15.0 Å². The first-order valence-corrected chi connectivity index (χ1v) is 11.6. The summed E-state index contributed by atoms with van der Waals surface area (Å²) in [5.41, 5.74) is 0.139. The fourth-order valence-electron chi connectivity index (χ4n) is 2.88. The Morgan fingerprint density at radius 1 is 1.37 bits per heavy atom. The predicted molar refractivity (Wildman–Crippen MR) is 109 cm³/mol. The fraction of sp³-hybridized carbons (Fsp3) is 0.278. The van der Waals surface area contributed by atoms with E-state index in [0.717, 1.165) is 11.3 Å². The predicted octanol–water partition coefficient (Wildman–Crippen LogP) is 2.68. The quantitative estimate of drug-likeness (QED) is 0.595. The third-order valence-electron chi connectivity index (χ3n) is 4.52. The van der Waals surface area contributed by atoms with E-state index in [9.17, 15) is 13.2 Å². The number of hydrogen-bond donors (Lipinski definition) is 1. The van der Waals surface area contributed by atoms with Gasteiger partial charge in [-0.1, -0.05) is 22.9 Å². The van der Waals surface area contributed by atoms with Gasteiger partial charge in [0.25, 0.3) is 5.91 Å². The molecule has 1 aromatic carbocycles. The van der Waals surface area contributed by atoms with Crippen LogP contribution in [0.3, 0.4) is 0 Å². The normalized spacial score (nSPS) is 14.8. The van der Waals surface area contributed by atoms with Crippen molar-refractivity contribution in [1.82, 2.24) is 25.1 Å². The molecule has 4 rings (SSSR count). The lowest BCUT2D eigenvalue weighted by Crippen LogP contribution is -2.29. The number of amides is 1. The number of rotatable bonds is 6. The third kappa shape index (κ3) is 3.94. The number of benzene rings is 1. The van der Waals surface area contributed by atoms with E-state index in [4.69, 9.17) is 16.9 Å². The van der Waals surface area contributed by atoms with Crippen LogP contribution < -0.4 is 5.32 Å². The molecule has 0 bridgehead atoms. The number of nitriles is 1. The minimum atomic E-state index is -3.48. The minimum Gasteiger partial charge on any atom is -0.342 e. The summed E-state index contributed by atoms with van der Waals surface area (Å²) in [5, 5.41) is 16.1. The van der Waals surface area contributed by atoms with E-state index in [1.165, 1.54) is 35.4 Å². The number of thiazole rings is 1. The van der Waals surface area contributed by atoms with Crippen molar-refractivity contribution in [3.05, 3.63) is 52.0 Å². The molecule has 154 valence electrons. The van der Waals surface area contributed by atoms with Gasteiger partial charge in [-0.25, -0.2) is 18.4 Å². The van der Waals surface area contributed by atoms with Crippen LogP contribution in [0.2, 0.25) is 5.02 Å². The molecular formula is C18H15ClN6O3S2. The molecule has 1 saturated carbocycles. The topological polar surface area (TPSA) is 131 Å². The second-order valence-electron chi connectivity index (χ2n) is 6.76. The Bertz CT molecular complexity index is 1270. The van der Waals surface area contributed by atoms with E-state index in [1.54, 1.807) is 6.92 Å². The van der Waals surface area contributed by atoms with Gasteiger partial charge in [0.15, 0.2) is 15.7 Å². The first-order chi connectivity index (χ1) is 14.3. The number of aromatic nitrogens is 4. The average Bonchev–Trinajstić information content (AvgIpc) is 3.28. The number of nitrogens with zero attached hydrogens (tertiary/aromatic N) is 5. The highest BCUT2D eigenvalue weighted by atomic mass is 35.5. The van der Waals surface area contributed by atoms with Gasteiger partial charge in [-0.3, -0.25) is 4.79 Å². The van der Waals surface area contributed by atoms with Crippen molar-refractivity contribution in [2.24, 2.45) is 0 Å². The van der Waals surface area contributed by atoms with Crippen LogP contribution in [0.4, 0.5) is 0 Å². The maximum absolute atomic E-state index is 12.8. The van der Waals surface area contributed by atoms with E-state index in [-0.39, 0.29) is 15.5 Å². The third-order valence-corrected chi connectivity index (χ3v) is 7.86. The van der Waals surface area contributed by atoms with Gasteiger partial charge >= 0.3 is 0 Å². The van der Waals surface area contributed by atoms with E-state index < -0.39 is 27.0 Å². The van der Waals surface area contributed by atoms with Crippen LogP contribution in [0.5, 0.6) is 0 Å². The molecule has 1 aliphatic rings. The summed E-state index contributed by atoms with van der Waals surface area (Å²) in [5.74, 6) is -0.0845. The summed E-state index contributed by atoms with van der Waals surface area (Å²) in [6, 6.07) is 5.56. The van der Waals surface area contributed by atoms with E-state index in [0.29, 0.717) is 28.7 Å². The van der Waals surface area contributed by atoms with Gasteiger partial charge in [0.05, 0.1) is 22.4 Å². The fourth-order valence-corrected chi connectivity index (χ4v) is 5.59. The average molecular weight is 463 g/mol. The smallest absolute Gasteiger partial charge is 0.251 e. The molecule has 1 atom stereocenters. The number of hydrogen-bond acceptors (Lipinski definition) is 8. The number of halogens is 1. The van der Waals surface area contributed by atoms with Crippen LogP contribution >= 0.6 is 22.9 Å². The van der Waals surface area contributed by atoms with Crippen LogP contribution in [0.15, 0.2) is 35.6 Å². The van der Waals surface area contributed by atoms with Crippen LogP contribution in [-0.4, -0.2) is 39.3 Å². The van der Waals surface area contributed by atoms with E-state index in [2.05, 4.69) is 20.4 Å². The van der Waals surface area contributed by atoms with Crippen LogP contribution in [-0.2, 0) is 9.84 Å². The Labute approximate surface area is 181 Å². The Kier molecular flexibility index (Phi) is 5.31. The zero-order valence-corrected chi connectivity index (χ0v) is 18.0. The molecule has 0 unspecified atom stereocenters. The Morgan fingerprint density at radius 3 is 2.80 bits per heavy atom. The van der Waals surface area contributed by atoms with Crippen molar-refractivity contribution in [3.8, 4) is 11.2 Å². The van der Waals surface area contributed by atoms with Crippen LogP contribution in [0, 0.1) is 11.3 Å². The molecule has 2 heterocycles. The van der Waals surface area contributed by atoms with Crippen molar-refractivity contribution in [2.75, 3.05) is 0 Å². The van der Waals surface area contributed by atoms with Gasteiger partial charge in [0, 0.05) is 10.6 Å². The molecule has 9 nitrogen and oxygen atoms in total. The number of sulfone groups is 1. The summed E-state index contributed by atoms with van der Waals surface area (Å²) >= 11 is 7.22. The molecule has 0 saturated heterocycles. The van der Waals surface area contributed by atoms with Gasteiger partial charge < -0.3 is 5.32 Å². The summed E-state index contributed by atoms with van der Waals surface area (Å²) in [6.45, 7) is 1.71. The molecule has 30 heavy (non-hydrogen) atoms. The summed E-state index contributed by atoms with van der Waals surface area (Å²) < 4.78 is 26.5. The van der Waals surface area contributed by atoms with Crippen molar-refractivity contribution in [2.45, 2.75) is 36.0 Å². The number of nitrogens with one attached hydrogen (secondary N) is 1. The maximum atomic E-state index is 12.8. The highest BCUT2D eigenvalue weighted by Gasteiger charge is 2.37. The molecule has 12 heteroatoms. The first-order valence-electron chi connectivity index (χ1n) is 8.91. The molecule has 1 N–H and O–H groups in total. The maximum Gasteiger partial charge on any atom is 0.251 e. The SMILES string of the molecule is C[C@H](NC(=O)c1cc(Cl)cc(S(=O)(=O)C2CC2)c1)c1ncnn1-c1ncc(C#N)s1. The Morgan fingerprint density at radius 2 is 2.13 bits per heavy atom. The number of carbonyl (C=O) groups is 1. The number of carbonyl (C=O) groups excluding carboxylic acids is 1. The summed E-state index contributed by atoms with van der Waals surface area (Å²) in [6.07, 6.45) is 3.99. The molecule has 3 aromatic rings. The zero-order valence-electron chi connectivity index (χ0n) is 15.6. The van der Waals surface area contributed by atoms with Gasteiger partial charge in [-0.05, 0) is 38.0 Å². The van der Waals surface area contributed by atoms with Crippen LogP contribution in [0.1, 0.15) is 46.9 Å². The largest absolute Gasteiger partial charge is 0.342 e. The van der Waals surface area contributed by atoms with Crippen LogP contribution in [0.25, 0.3) is 5.13 Å². The Balaban J connectivity index is 1.57. The van der Waals surface area contributed by atoms with Crippen molar-refractivity contribution < 1.29 is 13.2 Å².